The quantitative estimate of drug-likeness (QED) is 0.744. The Morgan fingerprint density at radius 1 is 1.13 bits per heavy atom. The van der Waals surface area contributed by atoms with E-state index in [-0.39, 0.29) is 17.9 Å². The molecule has 1 saturated heterocycles. The van der Waals surface area contributed by atoms with Crippen LogP contribution >= 0.6 is 0 Å². The van der Waals surface area contributed by atoms with Crippen molar-refractivity contribution < 1.29 is 9.59 Å². The summed E-state index contributed by atoms with van der Waals surface area (Å²) < 4.78 is 0. The lowest BCUT2D eigenvalue weighted by atomic mass is 10.0. The highest BCUT2D eigenvalue weighted by Crippen LogP contribution is 2.35. The predicted octanol–water partition coefficient (Wildman–Crippen LogP) is 3.71. The van der Waals surface area contributed by atoms with Crippen LogP contribution in [0, 0.1) is 0 Å². The number of nitrogens with zero attached hydrogens (tertiary/aromatic N) is 3. The maximum atomic E-state index is 13.1. The first-order chi connectivity index (χ1) is 14.4. The smallest absolute Gasteiger partial charge is 0.265 e. The second-order valence-electron chi connectivity index (χ2n) is 7.68. The van der Waals surface area contributed by atoms with Gasteiger partial charge in [0.15, 0.2) is 0 Å². The topological polar surface area (TPSA) is 65.0 Å². The van der Waals surface area contributed by atoms with Crippen LogP contribution in [0.2, 0.25) is 0 Å². The van der Waals surface area contributed by atoms with E-state index in [2.05, 4.69) is 45.5 Å². The number of rotatable bonds is 6. The summed E-state index contributed by atoms with van der Waals surface area (Å²) in [4.78, 5) is 33.1. The minimum absolute atomic E-state index is 0.0157. The molecule has 0 aromatic heterocycles. The van der Waals surface area contributed by atoms with Gasteiger partial charge in [0, 0.05) is 32.0 Å². The first-order valence-electron chi connectivity index (χ1n) is 10.4. The molecule has 2 aromatic rings. The molecule has 0 unspecified atom stereocenters. The van der Waals surface area contributed by atoms with Gasteiger partial charge in [0.05, 0.1) is 11.8 Å². The lowest BCUT2D eigenvalue weighted by Crippen LogP contribution is -2.48. The molecule has 0 aliphatic carbocycles. The van der Waals surface area contributed by atoms with E-state index in [9.17, 15) is 9.59 Å². The minimum atomic E-state index is -0.593. The van der Waals surface area contributed by atoms with Gasteiger partial charge in [0.2, 0.25) is 5.91 Å². The maximum absolute atomic E-state index is 13.1. The van der Waals surface area contributed by atoms with E-state index in [1.807, 2.05) is 36.2 Å². The van der Waals surface area contributed by atoms with Crippen molar-refractivity contribution in [3.63, 3.8) is 0 Å². The molecule has 3 rings (SSSR count). The third kappa shape index (κ3) is 4.70. The number of hydrogen-bond acceptors (Lipinski definition) is 4. The normalized spacial score (nSPS) is 17.5. The molecule has 30 heavy (non-hydrogen) atoms. The van der Waals surface area contributed by atoms with Crippen molar-refractivity contribution in [3.8, 4) is 0 Å². The molecule has 0 spiro atoms. The molecule has 0 bridgehead atoms. The van der Waals surface area contributed by atoms with Crippen LogP contribution in [-0.4, -0.2) is 49.1 Å². The Hall–Kier alpha value is -3.15. The summed E-state index contributed by atoms with van der Waals surface area (Å²) in [6, 6.07) is 18.0. The molecule has 158 valence electrons. The van der Waals surface area contributed by atoms with E-state index < -0.39 is 6.04 Å². The molecule has 2 atom stereocenters. The van der Waals surface area contributed by atoms with Crippen molar-refractivity contribution in [2.45, 2.75) is 38.8 Å². The number of anilines is 2. The number of nitrogens with one attached hydrogen (secondary N) is 1. The van der Waals surface area contributed by atoms with Crippen LogP contribution in [0.5, 0.6) is 0 Å². The second kappa shape index (κ2) is 9.57. The average molecular weight is 407 g/mol. The fourth-order valence-electron chi connectivity index (χ4n) is 3.83. The fraction of sp³-hybridized carbons (Fsp3) is 0.375. The van der Waals surface area contributed by atoms with Gasteiger partial charge in [-0.25, -0.2) is 0 Å². The Bertz CT molecular complexity index is 926. The Balaban J connectivity index is 1.77. The number of benzene rings is 2. The van der Waals surface area contributed by atoms with Crippen molar-refractivity contribution in [1.29, 1.82) is 0 Å². The van der Waals surface area contributed by atoms with Crippen molar-refractivity contribution in [2.75, 3.05) is 25.5 Å². The van der Waals surface area contributed by atoms with Crippen LogP contribution in [0.25, 0.3) is 0 Å². The molecular weight excluding hydrogens is 376 g/mol. The number of para-hydroxylation sites is 1. The van der Waals surface area contributed by atoms with Crippen LogP contribution in [0.3, 0.4) is 0 Å². The Morgan fingerprint density at radius 3 is 2.53 bits per heavy atom. The monoisotopic (exact) mass is 406 g/mol. The molecule has 1 N–H and O–H groups in total. The largest absolute Gasteiger partial charge is 0.345 e. The number of aliphatic imine (C=N–C) groups is 1. The van der Waals surface area contributed by atoms with Gasteiger partial charge in [-0.15, -0.1) is 0 Å². The molecule has 6 nitrogen and oxygen atoms in total. The lowest BCUT2D eigenvalue weighted by Gasteiger charge is -2.29. The summed E-state index contributed by atoms with van der Waals surface area (Å²) in [5, 5.41) is 2.76. The summed E-state index contributed by atoms with van der Waals surface area (Å²) in [6.45, 7) is 4.07. The summed E-state index contributed by atoms with van der Waals surface area (Å²) in [6.07, 6.45) is 1.87. The van der Waals surface area contributed by atoms with E-state index in [1.165, 1.54) is 0 Å². The van der Waals surface area contributed by atoms with Crippen LogP contribution < -0.4 is 10.2 Å². The zero-order valence-corrected chi connectivity index (χ0v) is 18.1. The summed E-state index contributed by atoms with van der Waals surface area (Å²) >= 11 is 0. The summed E-state index contributed by atoms with van der Waals surface area (Å²) in [7, 11) is 3.61. The molecule has 2 aromatic carbocycles. The van der Waals surface area contributed by atoms with Gasteiger partial charge in [-0.05, 0) is 56.5 Å². The van der Waals surface area contributed by atoms with Gasteiger partial charge in [-0.3, -0.25) is 14.6 Å². The number of carbonyl (C=O) groups is 2. The summed E-state index contributed by atoms with van der Waals surface area (Å²) in [5.74, 6) is -0.364. The van der Waals surface area contributed by atoms with Crippen molar-refractivity contribution in [2.24, 2.45) is 4.99 Å². The van der Waals surface area contributed by atoms with Crippen LogP contribution in [0.4, 0.5) is 11.4 Å². The van der Waals surface area contributed by atoms with E-state index in [0.717, 1.165) is 29.8 Å². The van der Waals surface area contributed by atoms with Gasteiger partial charge in [0.1, 0.15) is 6.04 Å². The number of likely N-dealkylation sites (tertiary alicyclic amines) is 1. The van der Waals surface area contributed by atoms with Crippen molar-refractivity contribution >= 4 is 28.9 Å². The average Bonchev–Trinajstić information content (AvgIpc) is 3.28. The van der Waals surface area contributed by atoms with Gasteiger partial charge < -0.3 is 15.1 Å². The first-order valence-corrected chi connectivity index (χ1v) is 10.4. The summed E-state index contributed by atoms with van der Waals surface area (Å²) in [5.41, 5.74) is 3.67. The molecule has 1 aliphatic rings. The highest BCUT2D eigenvalue weighted by molar-refractivity contribution is 6.38. The van der Waals surface area contributed by atoms with Crippen LogP contribution in [0.1, 0.15) is 38.3 Å². The number of carbonyl (C=O) groups excluding carboxylic acids is 2. The molecule has 6 heteroatoms. The lowest BCUT2D eigenvalue weighted by molar-refractivity contribution is -0.135. The minimum Gasteiger partial charge on any atom is -0.345 e. The van der Waals surface area contributed by atoms with Gasteiger partial charge in [-0.2, -0.15) is 0 Å². The highest BCUT2D eigenvalue weighted by Gasteiger charge is 2.33. The molecule has 2 amide bonds. The van der Waals surface area contributed by atoms with Gasteiger partial charge >= 0.3 is 0 Å². The molecule has 1 heterocycles. The Labute approximate surface area is 178 Å². The molecule has 1 fully saturated rings. The Morgan fingerprint density at radius 2 is 1.83 bits per heavy atom. The first kappa shape index (κ1) is 21.6. The van der Waals surface area contributed by atoms with Crippen LogP contribution in [-0.2, 0) is 9.59 Å². The highest BCUT2D eigenvalue weighted by atomic mass is 16.2. The number of amides is 2. The second-order valence-corrected chi connectivity index (χ2v) is 7.68. The predicted molar refractivity (Wildman–Crippen MR) is 121 cm³/mol. The third-order valence-corrected chi connectivity index (χ3v) is 5.70. The third-order valence-electron chi connectivity index (χ3n) is 5.70. The standard InChI is InChI=1S/C24H30N4O2/c1-17(25-3)23(29)26-18(2)24(30)28-15-9-14-22(28)19-10-8-13-21(16-19)27(4)20-11-6-5-7-12-20/h5-8,10-13,16,18,22H,9,14-15H2,1-4H3,(H,26,29)/t18-,22-/m0/s1. The molecule has 0 saturated carbocycles. The van der Waals surface area contributed by atoms with E-state index in [4.69, 9.17) is 0 Å². The van der Waals surface area contributed by atoms with E-state index in [1.54, 1.807) is 20.9 Å². The van der Waals surface area contributed by atoms with E-state index in [0.29, 0.717) is 12.3 Å². The SMILES string of the molecule is CN=C(C)C(=O)N[C@@H](C)C(=O)N1CCC[C@H]1c1cccc(N(C)c2ccccc2)c1. The number of hydrogen-bond donors (Lipinski definition) is 1. The van der Waals surface area contributed by atoms with Gasteiger partial charge in [-0.1, -0.05) is 30.3 Å². The van der Waals surface area contributed by atoms with Crippen molar-refractivity contribution in [3.05, 3.63) is 60.2 Å². The van der Waals surface area contributed by atoms with Gasteiger partial charge in [0.25, 0.3) is 5.91 Å². The zero-order chi connectivity index (χ0) is 21.7. The molecule has 1 aliphatic heterocycles. The van der Waals surface area contributed by atoms with Crippen molar-refractivity contribution in [1.82, 2.24) is 10.2 Å². The maximum Gasteiger partial charge on any atom is 0.265 e. The zero-order valence-electron chi connectivity index (χ0n) is 18.1. The van der Waals surface area contributed by atoms with Crippen LogP contribution in [0.15, 0.2) is 59.6 Å². The fourth-order valence-corrected chi connectivity index (χ4v) is 3.83. The molecule has 0 radical (unpaired) electrons. The Kier molecular flexibility index (Phi) is 6.87. The molecular formula is C24H30N4O2. The van der Waals surface area contributed by atoms with E-state index >= 15 is 0 Å².